The minimum Gasteiger partial charge on any atom is -0.379 e. The molecule has 88 valence electrons. The van der Waals surface area contributed by atoms with E-state index in [4.69, 9.17) is 0 Å². The predicted molar refractivity (Wildman–Crippen MR) is 55.8 cm³/mol. The number of hydrogen-bond donors (Lipinski definition) is 2. The summed E-state index contributed by atoms with van der Waals surface area (Å²) in [5, 5.41) is 6.02. The lowest BCUT2D eigenvalue weighted by molar-refractivity contribution is 0.443. The molecule has 0 spiro atoms. The Balaban J connectivity index is 2.11. The molecule has 1 heterocycles. The van der Waals surface area contributed by atoms with Crippen molar-refractivity contribution in [2.45, 2.75) is 18.9 Å². The third-order valence-electron chi connectivity index (χ3n) is 2.69. The summed E-state index contributed by atoms with van der Waals surface area (Å²) < 4.78 is 38.9. The van der Waals surface area contributed by atoms with Crippen LogP contribution < -0.4 is 10.6 Å². The van der Waals surface area contributed by atoms with E-state index < -0.39 is 17.5 Å². The standard InChI is InChI=1S/C11H13F3N2/c12-8-3-4-9(11(14)10(8)13)16-7-2-1-5-15-6-7/h3-4,7,15-16H,1-2,5-6H2. The second kappa shape index (κ2) is 4.74. The molecule has 16 heavy (non-hydrogen) atoms. The molecular weight excluding hydrogens is 217 g/mol. The Hall–Kier alpha value is -1.23. The first-order chi connectivity index (χ1) is 7.68. The molecule has 1 saturated heterocycles. The van der Waals surface area contributed by atoms with Crippen molar-refractivity contribution >= 4 is 5.69 Å². The highest BCUT2D eigenvalue weighted by Crippen LogP contribution is 2.21. The van der Waals surface area contributed by atoms with Crippen molar-refractivity contribution < 1.29 is 13.2 Å². The van der Waals surface area contributed by atoms with Gasteiger partial charge in [0.1, 0.15) is 0 Å². The van der Waals surface area contributed by atoms with E-state index in [0.717, 1.165) is 25.5 Å². The summed E-state index contributed by atoms with van der Waals surface area (Å²) in [5.74, 6) is -3.73. The molecule has 1 aromatic carbocycles. The number of halogens is 3. The van der Waals surface area contributed by atoms with Crippen molar-refractivity contribution in [3.05, 3.63) is 29.6 Å². The first kappa shape index (κ1) is 11.3. The van der Waals surface area contributed by atoms with Crippen LogP contribution in [-0.4, -0.2) is 19.1 Å². The van der Waals surface area contributed by atoms with Crippen LogP contribution in [0.5, 0.6) is 0 Å². The van der Waals surface area contributed by atoms with Crippen LogP contribution in [0, 0.1) is 17.5 Å². The van der Waals surface area contributed by atoms with Gasteiger partial charge in [0.15, 0.2) is 17.5 Å². The molecule has 0 aliphatic carbocycles. The van der Waals surface area contributed by atoms with Gasteiger partial charge in [0.2, 0.25) is 0 Å². The highest BCUT2D eigenvalue weighted by Gasteiger charge is 2.17. The largest absolute Gasteiger partial charge is 0.379 e. The van der Waals surface area contributed by atoms with E-state index in [0.29, 0.717) is 6.54 Å². The van der Waals surface area contributed by atoms with Crippen LogP contribution in [0.2, 0.25) is 0 Å². The lowest BCUT2D eigenvalue weighted by Gasteiger charge is -2.25. The zero-order valence-electron chi connectivity index (χ0n) is 8.69. The van der Waals surface area contributed by atoms with Gasteiger partial charge in [-0.3, -0.25) is 0 Å². The van der Waals surface area contributed by atoms with Crippen LogP contribution in [0.1, 0.15) is 12.8 Å². The summed E-state index contributed by atoms with van der Waals surface area (Å²) in [6.07, 6.45) is 1.88. The van der Waals surface area contributed by atoms with Gasteiger partial charge in [-0.15, -0.1) is 0 Å². The molecule has 1 unspecified atom stereocenters. The zero-order valence-corrected chi connectivity index (χ0v) is 8.69. The quantitative estimate of drug-likeness (QED) is 0.761. The van der Waals surface area contributed by atoms with E-state index in [9.17, 15) is 13.2 Å². The molecular formula is C11H13F3N2. The van der Waals surface area contributed by atoms with E-state index in [1.807, 2.05) is 0 Å². The Morgan fingerprint density at radius 3 is 2.69 bits per heavy atom. The number of hydrogen-bond acceptors (Lipinski definition) is 2. The van der Waals surface area contributed by atoms with Gasteiger partial charge in [0, 0.05) is 12.6 Å². The second-order valence-electron chi connectivity index (χ2n) is 3.91. The monoisotopic (exact) mass is 230 g/mol. The zero-order chi connectivity index (χ0) is 11.5. The van der Waals surface area contributed by atoms with Crippen LogP contribution in [0.3, 0.4) is 0 Å². The second-order valence-corrected chi connectivity index (χ2v) is 3.91. The Labute approximate surface area is 91.8 Å². The molecule has 5 heteroatoms. The van der Waals surface area contributed by atoms with Crippen molar-refractivity contribution in [2.75, 3.05) is 18.4 Å². The number of rotatable bonds is 2. The van der Waals surface area contributed by atoms with Crippen molar-refractivity contribution in [3.8, 4) is 0 Å². The average molecular weight is 230 g/mol. The van der Waals surface area contributed by atoms with Crippen molar-refractivity contribution in [2.24, 2.45) is 0 Å². The first-order valence-electron chi connectivity index (χ1n) is 5.29. The first-order valence-corrected chi connectivity index (χ1v) is 5.29. The molecule has 0 aromatic heterocycles. The number of benzene rings is 1. The minimum absolute atomic E-state index is 0.0209. The minimum atomic E-state index is -1.42. The van der Waals surface area contributed by atoms with Gasteiger partial charge in [0.25, 0.3) is 0 Å². The molecule has 1 aliphatic heterocycles. The van der Waals surface area contributed by atoms with Crippen molar-refractivity contribution in [1.29, 1.82) is 0 Å². The van der Waals surface area contributed by atoms with Gasteiger partial charge in [-0.25, -0.2) is 13.2 Å². The number of anilines is 1. The fraction of sp³-hybridized carbons (Fsp3) is 0.455. The van der Waals surface area contributed by atoms with Gasteiger partial charge in [-0.2, -0.15) is 0 Å². The molecule has 1 fully saturated rings. The van der Waals surface area contributed by atoms with Crippen LogP contribution in [-0.2, 0) is 0 Å². The summed E-state index contributed by atoms with van der Waals surface area (Å²) in [5.41, 5.74) is 0.0209. The van der Waals surface area contributed by atoms with Gasteiger partial charge >= 0.3 is 0 Å². The van der Waals surface area contributed by atoms with Crippen LogP contribution >= 0.6 is 0 Å². The summed E-state index contributed by atoms with van der Waals surface area (Å²) in [6, 6.07) is 2.22. The lowest BCUT2D eigenvalue weighted by Crippen LogP contribution is -2.38. The summed E-state index contributed by atoms with van der Waals surface area (Å²) in [6.45, 7) is 1.65. The van der Waals surface area contributed by atoms with Gasteiger partial charge in [0.05, 0.1) is 5.69 Å². The maximum atomic E-state index is 13.3. The SMILES string of the molecule is Fc1ccc(NC2CCCNC2)c(F)c1F. The summed E-state index contributed by atoms with van der Waals surface area (Å²) >= 11 is 0. The van der Waals surface area contributed by atoms with Crippen LogP contribution in [0.15, 0.2) is 12.1 Å². The van der Waals surface area contributed by atoms with Crippen LogP contribution in [0.25, 0.3) is 0 Å². The Morgan fingerprint density at radius 1 is 1.19 bits per heavy atom. The van der Waals surface area contributed by atoms with Crippen molar-refractivity contribution in [1.82, 2.24) is 5.32 Å². The number of piperidine rings is 1. The lowest BCUT2D eigenvalue weighted by atomic mass is 10.1. The van der Waals surface area contributed by atoms with E-state index in [1.165, 1.54) is 6.07 Å². The smallest absolute Gasteiger partial charge is 0.196 e. The fourth-order valence-electron chi connectivity index (χ4n) is 1.83. The molecule has 2 rings (SSSR count). The van der Waals surface area contributed by atoms with E-state index in [1.54, 1.807) is 0 Å². The van der Waals surface area contributed by atoms with Crippen LogP contribution in [0.4, 0.5) is 18.9 Å². The molecule has 0 saturated carbocycles. The van der Waals surface area contributed by atoms with Gasteiger partial charge in [-0.1, -0.05) is 0 Å². The van der Waals surface area contributed by atoms with Crippen molar-refractivity contribution in [3.63, 3.8) is 0 Å². The topological polar surface area (TPSA) is 24.1 Å². The molecule has 2 nitrogen and oxygen atoms in total. The Bertz CT molecular complexity index is 376. The third-order valence-corrected chi connectivity index (χ3v) is 2.69. The third kappa shape index (κ3) is 2.29. The molecule has 0 radical (unpaired) electrons. The van der Waals surface area contributed by atoms with E-state index >= 15 is 0 Å². The summed E-state index contributed by atoms with van der Waals surface area (Å²) in [4.78, 5) is 0. The molecule has 1 atom stereocenters. The maximum Gasteiger partial charge on any atom is 0.196 e. The molecule has 0 amide bonds. The molecule has 2 N–H and O–H groups in total. The highest BCUT2D eigenvalue weighted by atomic mass is 19.2. The Kier molecular flexibility index (Phi) is 3.33. The maximum absolute atomic E-state index is 13.3. The van der Waals surface area contributed by atoms with Gasteiger partial charge in [-0.05, 0) is 31.5 Å². The average Bonchev–Trinajstić information content (AvgIpc) is 2.31. The number of nitrogens with one attached hydrogen (secondary N) is 2. The normalized spacial score (nSPS) is 20.8. The molecule has 1 aromatic rings. The van der Waals surface area contributed by atoms with E-state index in [-0.39, 0.29) is 11.7 Å². The predicted octanol–water partition coefficient (Wildman–Crippen LogP) is 2.27. The molecule has 1 aliphatic rings. The van der Waals surface area contributed by atoms with E-state index in [2.05, 4.69) is 10.6 Å². The Morgan fingerprint density at radius 2 is 2.00 bits per heavy atom. The molecule has 0 bridgehead atoms. The summed E-state index contributed by atoms with van der Waals surface area (Å²) in [7, 11) is 0. The van der Waals surface area contributed by atoms with Gasteiger partial charge < -0.3 is 10.6 Å². The fourth-order valence-corrected chi connectivity index (χ4v) is 1.83. The highest BCUT2D eigenvalue weighted by molar-refractivity contribution is 5.46.